The number of hydrogen-bond acceptors (Lipinski definition) is 3. The second kappa shape index (κ2) is 7.30. The number of nitrogens with one attached hydrogen (secondary N) is 1. The van der Waals surface area contributed by atoms with E-state index in [4.69, 9.17) is 5.11 Å². The highest BCUT2D eigenvalue weighted by Crippen LogP contribution is 2.18. The minimum Gasteiger partial charge on any atom is -0.508 e. The van der Waals surface area contributed by atoms with Crippen molar-refractivity contribution < 1.29 is 10.2 Å². The molecule has 0 amide bonds. The van der Waals surface area contributed by atoms with Gasteiger partial charge in [0.05, 0.1) is 0 Å². The van der Waals surface area contributed by atoms with Crippen molar-refractivity contribution in [3.63, 3.8) is 0 Å². The summed E-state index contributed by atoms with van der Waals surface area (Å²) >= 11 is 0. The summed E-state index contributed by atoms with van der Waals surface area (Å²) in [6, 6.07) is 7.54. The molecule has 0 heterocycles. The predicted octanol–water partition coefficient (Wildman–Crippen LogP) is 2.45. The molecule has 0 fully saturated rings. The molecule has 17 heavy (non-hydrogen) atoms. The van der Waals surface area contributed by atoms with Crippen LogP contribution in [0.5, 0.6) is 5.75 Å². The average molecular weight is 237 g/mol. The van der Waals surface area contributed by atoms with Crippen molar-refractivity contribution in [1.29, 1.82) is 0 Å². The van der Waals surface area contributed by atoms with Gasteiger partial charge in [0, 0.05) is 12.6 Å². The lowest BCUT2D eigenvalue weighted by molar-refractivity contribution is 0.249. The minimum absolute atomic E-state index is 0.217. The average Bonchev–Trinajstić information content (AvgIpc) is 2.34. The quantitative estimate of drug-likeness (QED) is 0.683. The van der Waals surface area contributed by atoms with Crippen LogP contribution in [0.15, 0.2) is 24.3 Å². The van der Waals surface area contributed by atoms with Gasteiger partial charge in [-0.25, -0.2) is 0 Å². The zero-order valence-electron chi connectivity index (χ0n) is 10.7. The summed E-state index contributed by atoms with van der Waals surface area (Å²) in [7, 11) is 0. The maximum absolute atomic E-state index is 9.41. The van der Waals surface area contributed by atoms with Gasteiger partial charge in [-0.2, -0.15) is 0 Å². The summed E-state index contributed by atoms with van der Waals surface area (Å²) in [5, 5.41) is 21.8. The van der Waals surface area contributed by atoms with E-state index in [1.54, 1.807) is 12.1 Å². The van der Waals surface area contributed by atoms with Gasteiger partial charge in [-0.3, -0.25) is 0 Å². The lowest BCUT2D eigenvalue weighted by Crippen LogP contribution is -2.26. The van der Waals surface area contributed by atoms with Crippen LogP contribution >= 0.6 is 0 Å². The molecule has 0 bridgehead atoms. The topological polar surface area (TPSA) is 52.5 Å². The molecule has 0 saturated heterocycles. The molecule has 0 aromatic heterocycles. The van der Waals surface area contributed by atoms with E-state index in [0.29, 0.717) is 11.7 Å². The molecule has 1 aromatic rings. The largest absolute Gasteiger partial charge is 0.508 e. The minimum atomic E-state index is 0.217. The lowest BCUT2D eigenvalue weighted by atomic mass is 10.0. The van der Waals surface area contributed by atoms with Crippen LogP contribution in [0.25, 0.3) is 0 Å². The molecule has 0 spiro atoms. The molecule has 1 rings (SSSR count). The summed E-state index contributed by atoms with van der Waals surface area (Å²) < 4.78 is 0. The summed E-state index contributed by atoms with van der Waals surface area (Å²) in [5.41, 5.74) is 1.09. The third-order valence-electron chi connectivity index (χ3n) is 3.20. The van der Waals surface area contributed by atoms with Crippen molar-refractivity contribution in [2.24, 2.45) is 5.92 Å². The number of rotatable bonds is 7. The van der Waals surface area contributed by atoms with Gasteiger partial charge < -0.3 is 15.5 Å². The first-order valence-electron chi connectivity index (χ1n) is 6.30. The fraction of sp³-hybridized carbons (Fsp3) is 0.571. The Morgan fingerprint density at radius 3 is 2.71 bits per heavy atom. The van der Waals surface area contributed by atoms with Gasteiger partial charge in [-0.15, -0.1) is 0 Å². The van der Waals surface area contributed by atoms with E-state index in [1.165, 1.54) is 0 Å². The van der Waals surface area contributed by atoms with E-state index in [2.05, 4.69) is 19.2 Å². The Bertz CT molecular complexity index is 328. The van der Waals surface area contributed by atoms with Gasteiger partial charge in [0.15, 0.2) is 0 Å². The standard InChI is InChI=1S/C14H23NO2/c1-3-12(7-8-16)10-15-11(2)13-5-4-6-14(17)9-13/h4-6,9,11-12,15-17H,3,7-8,10H2,1-2H3. The van der Waals surface area contributed by atoms with Gasteiger partial charge in [0.2, 0.25) is 0 Å². The van der Waals surface area contributed by atoms with Crippen molar-refractivity contribution in [1.82, 2.24) is 5.32 Å². The maximum Gasteiger partial charge on any atom is 0.115 e. The van der Waals surface area contributed by atoms with Crippen molar-refractivity contribution >= 4 is 0 Å². The van der Waals surface area contributed by atoms with Crippen molar-refractivity contribution in [2.45, 2.75) is 32.7 Å². The fourth-order valence-electron chi connectivity index (χ4n) is 1.89. The molecule has 3 heteroatoms. The second-order valence-corrected chi connectivity index (χ2v) is 4.51. The van der Waals surface area contributed by atoms with Gasteiger partial charge in [-0.1, -0.05) is 25.5 Å². The fourth-order valence-corrected chi connectivity index (χ4v) is 1.89. The Kier molecular flexibility index (Phi) is 6.01. The lowest BCUT2D eigenvalue weighted by Gasteiger charge is -2.19. The number of phenolic OH excluding ortho intramolecular Hbond substituents is 1. The van der Waals surface area contributed by atoms with Gasteiger partial charge in [0.1, 0.15) is 5.75 Å². The molecule has 1 aromatic carbocycles. The molecule has 0 aliphatic heterocycles. The third kappa shape index (κ3) is 4.75. The van der Waals surface area contributed by atoms with Gasteiger partial charge >= 0.3 is 0 Å². The zero-order valence-corrected chi connectivity index (χ0v) is 10.7. The molecule has 96 valence electrons. The molecule has 3 N–H and O–H groups in total. The van der Waals surface area contributed by atoms with E-state index in [9.17, 15) is 5.11 Å². The van der Waals surface area contributed by atoms with Crippen LogP contribution in [-0.2, 0) is 0 Å². The highest BCUT2D eigenvalue weighted by molar-refractivity contribution is 5.28. The van der Waals surface area contributed by atoms with Crippen molar-refractivity contribution in [3.05, 3.63) is 29.8 Å². The molecule has 0 radical (unpaired) electrons. The summed E-state index contributed by atoms with van der Waals surface area (Å²) in [5.74, 6) is 0.818. The SMILES string of the molecule is CCC(CCO)CNC(C)c1cccc(O)c1. The molecule has 2 atom stereocenters. The summed E-state index contributed by atoms with van der Waals surface area (Å²) in [4.78, 5) is 0. The number of aliphatic hydroxyl groups is 1. The number of aromatic hydroxyl groups is 1. The number of phenols is 1. The molecule has 2 unspecified atom stereocenters. The highest BCUT2D eigenvalue weighted by atomic mass is 16.3. The second-order valence-electron chi connectivity index (χ2n) is 4.51. The molecule has 3 nitrogen and oxygen atoms in total. The van der Waals surface area contributed by atoms with Gasteiger partial charge in [-0.05, 0) is 43.5 Å². The summed E-state index contributed by atoms with van der Waals surface area (Å²) in [6.45, 7) is 5.37. The normalized spacial score (nSPS) is 14.5. The predicted molar refractivity (Wildman–Crippen MR) is 70.0 cm³/mol. The molecular formula is C14H23NO2. The number of hydrogen-bond donors (Lipinski definition) is 3. The van der Waals surface area contributed by atoms with Crippen LogP contribution in [0.4, 0.5) is 0 Å². The zero-order chi connectivity index (χ0) is 12.7. The molecule has 0 saturated carbocycles. The first-order valence-corrected chi connectivity index (χ1v) is 6.30. The Morgan fingerprint density at radius 1 is 1.35 bits per heavy atom. The smallest absolute Gasteiger partial charge is 0.115 e. The van der Waals surface area contributed by atoms with Crippen LogP contribution in [0, 0.1) is 5.92 Å². The Labute approximate surface area is 103 Å². The van der Waals surface area contributed by atoms with E-state index in [-0.39, 0.29) is 12.6 Å². The van der Waals surface area contributed by atoms with Gasteiger partial charge in [0.25, 0.3) is 0 Å². The van der Waals surface area contributed by atoms with Crippen LogP contribution in [-0.4, -0.2) is 23.4 Å². The van der Waals surface area contributed by atoms with E-state index in [1.807, 2.05) is 12.1 Å². The number of benzene rings is 1. The van der Waals surface area contributed by atoms with Crippen LogP contribution < -0.4 is 5.32 Å². The van der Waals surface area contributed by atoms with E-state index < -0.39 is 0 Å². The van der Waals surface area contributed by atoms with Crippen LogP contribution in [0.2, 0.25) is 0 Å². The van der Waals surface area contributed by atoms with E-state index in [0.717, 1.165) is 24.9 Å². The molecule has 0 aliphatic carbocycles. The number of aliphatic hydroxyl groups excluding tert-OH is 1. The Balaban J connectivity index is 2.46. The monoisotopic (exact) mass is 237 g/mol. The first kappa shape index (κ1) is 14.0. The van der Waals surface area contributed by atoms with Crippen LogP contribution in [0.1, 0.15) is 38.3 Å². The Morgan fingerprint density at radius 2 is 2.12 bits per heavy atom. The molecule has 0 aliphatic rings. The highest BCUT2D eigenvalue weighted by Gasteiger charge is 2.09. The third-order valence-corrected chi connectivity index (χ3v) is 3.20. The van der Waals surface area contributed by atoms with Crippen molar-refractivity contribution in [2.75, 3.05) is 13.2 Å². The molecular weight excluding hydrogens is 214 g/mol. The maximum atomic E-state index is 9.41. The van der Waals surface area contributed by atoms with Crippen molar-refractivity contribution in [3.8, 4) is 5.75 Å². The summed E-state index contributed by atoms with van der Waals surface area (Å²) in [6.07, 6.45) is 1.91. The first-order chi connectivity index (χ1) is 8.17. The Hall–Kier alpha value is -1.06. The van der Waals surface area contributed by atoms with E-state index >= 15 is 0 Å². The van der Waals surface area contributed by atoms with Crippen LogP contribution in [0.3, 0.4) is 0 Å².